The van der Waals surface area contributed by atoms with Crippen molar-refractivity contribution >= 4 is 55.0 Å². The number of nitrogens with one attached hydrogen (secondary N) is 4. The number of rotatable bonds is 12. The van der Waals surface area contributed by atoms with Crippen molar-refractivity contribution in [1.82, 2.24) is 10.3 Å². The number of hydrogen-bond acceptors (Lipinski definition) is 10. The summed E-state index contributed by atoms with van der Waals surface area (Å²) in [5.41, 5.74) is 3.06. The Morgan fingerprint density at radius 2 is 0.977 bits per heavy atom. The molecule has 228 valence electrons. The molecule has 0 aliphatic heterocycles. The van der Waals surface area contributed by atoms with Crippen LogP contribution in [0.2, 0.25) is 0 Å². The molecule has 4 N–H and O–H groups in total. The second-order valence-corrected chi connectivity index (χ2v) is 13.0. The van der Waals surface area contributed by atoms with Gasteiger partial charge in [-0.15, -0.1) is 0 Å². The molecule has 2 aromatic carbocycles. The summed E-state index contributed by atoms with van der Waals surface area (Å²) in [6, 6.07) is 11.2. The molecular formula is C27H30N6O8S2. The lowest BCUT2D eigenvalue weighted by Crippen LogP contribution is -2.16. The van der Waals surface area contributed by atoms with Crippen molar-refractivity contribution in [1.29, 1.82) is 0 Å². The topological polar surface area (TPSA) is 203 Å². The van der Waals surface area contributed by atoms with Crippen molar-refractivity contribution in [2.45, 2.75) is 56.7 Å². The number of nitrogens with zero attached hydrogens (tertiary/aromatic N) is 2. The van der Waals surface area contributed by atoms with E-state index in [0.29, 0.717) is 33.9 Å². The highest BCUT2D eigenvalue weighted by Crippen LogP contribution is 2.24. The summed E-state index contributed by atoms with van der Waals surface area (Å²) in [6.07, 6.45) is 0.335. The summed E-state index contributed by atoms with van der Waals surface area (Å²) in [6.45, 7) is 6.75. The minimum Gasteiger partial charge on any atom is -0.337 e. The molecular weight excluding hydrogens is 600 g/mol. The molecule has 0 saturated heterocycles. The maximum atomic E-state index is 12.6. The predicted molar refractivity (Wildman–Crippen MR) is 158 cm³/mol. The second kappa shape index (κ2) is 12.7. The SMILES string of the molecule is Cc1noc(NS(=O)(=O)c2ccc(NC(=O)CCCC(=O)Nc3ccc(S(=O)(=O)Nc4onc(C)c4C)cc3)cc2)c1C. The van der Waals surface area contributed by atoms with Gasteiger partial charge < -0.3 is 19.7 Å². The Balaban J connectivity index is 1.22. The van der Waals surface area contributed by atoms with Crippen LogP contribution >= 0.6 is 0 Å². The fraction of sp³-hybridized carbons (Fsp3) is 0.259. The third-order valence-corrected chi connectivity index (χ3v) is 9.17. The second-order valence-electron chi connectivity index (χ2n) is 9.65. The fourth-order valence-corrected chi connectivity index (χ4v) is 5.77. The van der Waals surface area contributed by atoms with Crippen molar-refractivity contribution in [3.05, 3.63) is 71.0 Å². The minimum atomic E-state index is -3.92. The number of sulfonamides is 2. The molecule has 14 nitrogen and oxygen atoms in total. The number of hydrogen-bond donors (Lipinski definition) is 4. The van der Waals surface area contributed by atoms with E-state index < -0.39 is 20.0 Å². The summed E-state index contributed by atoms with van der Waals surface area (Å²) in [7, 11) is -7.84. The van der Waals surface area contributed by atoms with Crippen LogP contribution in [0.1, 0.15) is 41.8 Å². The molecule has 4 aromatic rings. The van der Waals surface area contributed by atoms with Crippen molar-refractivity contribution in [3.8, 4) is 0 Å². The minimum absolute atomic E-state index is 0.0301. The summed E-state index contributed by atoms with van der Waals surface area (Å²) >= 11 is 0. The van der Waals surface area contributed by atoms with Crippen LogP contribution in [-0.4, -0.2) is 39.0 Å². The highest BCUT2D eigenvalue weighted by molar-refractivity contribution is 7.93. The molecule has 0 atom stereocenters. The molecule has 4 rings (SSSR count). The maximum Gasteiger partial charge on any atom is 0.264 e. The van der Waals surface area contributed by atoms with Gasteiger partial charge in [0.1, 0.15) is 0 Å². The molecule has 0 unspecified atom stereocenters. The number of amides is 2. The maximum absolute atomic E-state index is 12.6. The Morgan fingerprint density at radius 1 is 0.628 bits per heavy atom. The van der Waals surface area contributed by atoms with E-state index in [1.54, 1.807) is 27.7 Å². The van der Waals surface area contributed by atoms with E-state index in [0.717, 1.165) is 0 Å². The quantitative estimate of drug-likeness (QED) is 0.175. The summed E-state index contributed by atoms with van der Waals surface area (Å²) in [5, 5.41) is 12.8. The molecule has 0 fully saturated rings. The molecule has 16 heteroatoms. The van der Waals surface area contributed by atoms with Crippen LogP contribution in [0.25, 0.3) is 0 Å². The molecule has 0 aliphatic carbocycles. The Morgan fingerprint density at radius 3 is 1.28 bits per heavy atom. The van der Waals surface area contributed by atoms with E-state index in [4.69, 9.17) is 9.05 Å². The van der Waals surface area contributed by atoms with Crippen LogP contribution in [-0.2, 0) is 29.6 Å². The number of carbonyl (C=O) groups excluding carboxylic acids is 2. The van der Waals surface area contributed by atoms with Crippen LogP contribution in [0.15, 0.2) is 67.4 Å². The Bertz CT molecular complexity index is 1710. The fourth-order valence-electron chi connectivity index (χ4n) is 3.67. The largest absolute Gasteiger partial charge is 0.337 e. The average molecular weight is 631 g/mol. The van der Waals surface area contributed by atoms with Gasteiger partial charge in [-0.25, -0.2) is 26.3 Å². The van der Waals surface area contributed by atoms with E-state index in [1.165, 1.54) is 48.5 Å². The molecule has 43 heavy (non-hydrogen) atoms. The van der Waals surface area contributed by atoms with Gasteiger partial charge in [-0.3, -0.25) is 9.59 Å². The van der Waals surface area contributed by atoms with Gasteiger partial charge in [-0.1, -0.05) is 10.3 Å². The average Bonchev–Trinajstić information content (AvgIpc) is 3.43. The summed E-state index contributed by atoms with van der Waals surface area (Å²) < 4.78 is 65.1. The van der Waals surface area contributed by atoms with E-state index >= 15 is 0 Å². The van der Waals surface area contributed by atoms with Crippen LogP contribution in [0.4, 0.5) is 23.1 Å². The van der Waals surface area contributed by atoms with Gasteiger partial charge in [0, 0.05) is 35.3 Å². The molecule has 0 radical (unpaired) electrons. The monoisotopic (exact) mass is 630 g/mol. The molecule has 2 amide bonds. The van der Waals surface area contributed by atoms with E-state index in [9.17, 15) is 26.4 Å². The van der Waals surface area contributed by atoms with Gasteiger partial charge in [-0.05, 0) is 82.6 Å². The van der Waals surface area contributed by atoms with Gasteiger partial charge >= 0.3 is 0 Å². The van der Waals surface area contributed by atoms with Crippen LogP contribution in [0, 0.1) is 27.7 Å². The third-order valence-electron chi connectivity index (χ3n) is 6.47. The first-order valence-electron chi connectivity index (χ1n) is 13.0. The van der Waals surface area contributed by atoms with Gasteiger partial charge in [0.2, 0.25) is 23.6 Å². The van der Waals surface area contributed by atoms with Crippen molar-refractivity contribution in [2.75, 3.05) is 20.1 Å². The predicted octanol–water partition coefficient (Wildman–Crippen LogP) is 4.25. The van der Waals surface area contributed by atoms with Gasteiger partial charge in [0.05, 0.1) is 21.2 Å². The van der Waals surface area contributed by atoms with Crippen LogP contribution in [0.5, 0.6) is 0 Å². The zero-order chi connectivity index (χ0) is 31.4. The number of carbonyl (C=O) groups is 2. The molecule has 2 aromatic heterocycles. The van der Waals surface area contributed by atoms with Crippen molar-refractivity contribution < 1.29 is 35.5 Å². The van der Waals surface area contributed by atoms with Gasteiger partial charge in [-0.2, -0.15) is 0 Å². The normalized spacial score (nSPS) is 11.6. The number of anilines is 4. The standard InChI is InChI=1S/C27H30N6O8S2/c1-16-18(3)30-40-26(16)32-42(36,37)22-12-8-20(9-13-22)28-24(34)6-5-7-25(35)29-21-10-14-23(15-11-21)43(38,39)33-27-17(2)19(4)31-41-27/h8-15,32-33H,5-7H2,1-4H3,(H,28,34)(H,29,35). The summed E-state index contributed by atoms with van der Waals surface area (Å²) in [4.78, 5) is 24.6. The van der Waals surface area contributed by atoms with Crippen molar-refractivity contribution in [2.24, 2.45) is 0 Å². The van der Waals surface area contributed by atoms with E-state index in [1.807, 2.05) is 0 Å². The first-order valence-corrected chi connectivity index (χ1v) is 15.9. The van der Waals surface area contributed by atoms with E-state index in [-0.39, 0.29) is 52.6 Å². The summed E-state index contributed by atoms with van der Waals surface area (Å²) in [5.74, 6) is -0.641. The Labute approximate surface area is 248 Å². The number of aryl methyl sites for hydroxylation is 2. The van der Waals surface area contributed by atoms with Gasteiger partial charge in [0.25, 0.3) is 20.0 Å². The third kappa shape index (κ3) is 7.78. The van der Waals surface area contributed by atoms with Crippen molar-refractivity contribution in [3.63, 3.8) is 0 Å². The zero-order valence-electron chi connectivity index (χ0n) is 23.7. The molecule has 0 saturated carbocycles. The smallest absolute Gasteiger partial charge is 0.264 e. The Hall–Kier alpha value is -4.70. The Kier molecular flexibility index (Phi) is 9.20. The first-order chi connectivity index (χ1) is 20.2. The number of aromatic nitrogens is 2. The highest BCUT2D eigenvalue weighted by Gasteiger charge is 2.20. The van der Waals surface area contributed by atoms with Crippen LogP contribution < -0.4 is 20.1 Å². The number of benzene rings is 2. The lowest BCUT2D eigenvalue weighted by molar-refractivity contribution is -0.117. The molecule has 0 bridgehead atoms. The lowest BCUT2D eigenvalue weighted by Gasteiger charge is -2.09. The molecule has 0 aliphatic rings. The zero-order valence-corrected chi connectivity index (χ0v) is 25.4. The van der Waals surface area contributed by atoms with Gasteiger partial charge in [0.15, 0.2) is 0 Å². The molecule has 0 spiro atoms. The molecule has 2 heterocycles. The highest BCUT2D eigenvalue weighted by atomic mass is 32.2. The first kappa shape index (κ1) is 31.2. The van der Waals surface area contributed by atoms with Crippen LogP contribution in [0.3, 0.4) is 0 Å². The van der Waals surface area contributed by atoms with E-state index in [2.05, 4.69) is 30.4 Å². The lowest BCUT2D eigenvalue weighted by atomic mass is 10.2.